The van der Waals surface area contributed by atoms with Crippen molar-refractivity contribution in [2.24, 2.45) is 5.84 Å². The van der Waals surface area contributed by atoms with E-state index < -0.39 is 0 Å². The summed E-state index contributed by atoms with van der Waals surface area (Å²) >= 11 is 0. The number of hydrogen-bond donors (Lipinski definition) is 2. The third kappa shape index (κ3) is 2.32. The van der Waals surface area contributed by atoms with Gasteiger partial charge in [-0.05, 0) is 23.6 Å². The van der Waals surface area contributed by atoms with Gasteiger partial charge < -0.3 is 5.11 Å². The second-order valence-electron chi connectivity index (χ2n) is 4.70. The Bertz CT molecular complexity index is 800. The maximum absolute atomic E-state index is 12.3. The van der Waals surface area contributed by atoms with Crippen molar-refractivity contribution in [1.29, 1.82) is 0 Å². The Morgan fingerprint density at radius 1 is 0.905 bits per heavy atom. The zero-order valence-corrected chi connectivity index (χ0v) is 11.2. The van der Waals surface area contributed by atoms with Crippen molar-refractivity contribution in [1.82, 2.24) is 0 Å². The van der Waals surface area contributed by atoms with Gasteiger partial charge in [-0.3, -0.25) is 4.79 Å². The third-order valence-corrected chi connectivity index (χ3v) is 3.38. The van der Waals surface area contributed by atoms with Crippen LogP contribution in [0.4, 0.5) is 5.69 Å². The predicted octanol–water partition coefficient (Wildman–Crippen LogP) is 3.07. The minimum Gasteiger partial charge on any atom is -0.505 e. The van der Waals surface area contributed by atoms with E-state index in [0.29, 0.717) is 10.9 Å². The lowest BCUT2D eigenvalue weighted by atomic mass is 10.1. The molecule has 21 heavy (non-hydrogen) atoms. The van der Waals surface area contributed by atoms with Crippen LogP contribution in [0.25, 0.3) is 10.8 Å². The predicted molar refractivity (Wildman–Crippen MR) is 83.1 cm³/mol. The molecule has 3 aromatic carbocycles. The van der Waals surface area contributed by atoms with E-state index in [4.69, 9.17) is 5.84 Å². The number of phenolic OH excluding ortho intramolecular Hbond substituents is 1. The molecule has 0 saturated carbocycles. The van der Waals surface area contributed by atoms with Gasteiger partial charge in [0.05, 0.1) is 0 Å². The number of nitrogens with two attached hydrogens (primary N) is 1. The Balaban J connectivity index is 2.04. The van der Waals surface area contributed by atoms with E-state index in [0.717, 1.165) is 10.4 Å². The first-order valence-corrected chi connectivity index (χ1v) is 6.53. The van der Waals surface area contributed by atoms with Crippen molar-refractivity contribution >= 4 is 22.4 Å². The normalized spacial score (nSPS) is 10.5. The fourth-order valence-corrected chi connectivity index (χ4v) is 2.27. The van der Waals surface area contributed by atoms with Crippen LogP contribution in [-0.2, 0) is 0 Å². The van der Waals surface area contributed by atoms with Crippen LogP contribution in [0, 0.1) is 0 Å². The van der Waals surface area contributed by atoms with Gasteiger partial charge in [-0.15, -0.1) is 0 Å². The summed E-state index contributed by atoms with van der Waals surface area (Å²) in [6.07, 6.45) is 0. The molecule has 0 aliphatic carbocycles. The number of nitrogens with zero attached hydrogens (tertiary/aromatic N) is 1. The van der Waals surface area contributed by atoms with Gasteiger partial charge in [0.15, 0.2) is 0 Å². The molecule has 3 rings (SSSR count). The number of fused-ring (bicyclic) bond motifs is 1. The lowest BCUT2D eigenvalue weighted by Gasteiger charge is -2.19. The molecule has 1 amide bonds. The summed E-state index contributed by atoms with van der Waals surface area (Å²) in [6.45, 7) is 0. The Labute approximate surface area is 122 Å². The molecule has 3 aromatic rings. The highest BCUT2D eigenvalue weighted by atomic mass is 16.3. The van der Waals surface area contributed by atoms with E-state index in [-0.39, 0.29) is 17.3 Å². The maximum Gasteiger partial charge on any atom is 0.272 e. The number of carbonyl (C=O) groups is 1. The van der Waals surface area contributed by atoms with Gasteiger partial charge in [-0.2, -0.15) is 0 Å². The minimum atomic E-state index is -0.374. The molecule has 0 aliphatic heterocycles. The summed E-state index contributed by atoms with van der Waals surface area (Å²) in [7, 11) is 0. The lowest BCUT2D eigenvalue weighted by molar-refractivity contribution is 0.0986. The molecule has 0 spiro atoms. The Kier molecular flexibility index (Phi) is 3.30. The number of anilines is 1. The molecular weight excluding hydrogens is 264 g/mol. The third-order valence-electron chi connectivity index (χ3n) is 3.38. The molecule has 0 saturated heterocycles. The zero-order chi connectivity index (χ0) is 14.8. The average Bonchev–Trinajstić information content (AvgIpc) is 2.55. The number of aromatic hydroxyl groups is 1. The van der Waals surface area contributed by atoms with Crippen molar-refractivity contribution < 1.29 is 9.90 Å². The van der Waals surface area contributed by atoms with Gasteiger partial charge in [0.25, 0.3) is 5.91 Å². The lowest BCUT2D eigenvalue weighted by Crippen LogP contribution is -2.37. The second-order valence-corrected chi connectivity index (χ2v) is 4.70. The summed E-state index contributed by atoms with van der Waals surface area (Å²) in [4.78, 5) is 12.3. The zero-order valence-electron chi connectivity index (χ0n) is 11.2. The van der Waals surface area contributed by atoms with Crippen molar-refractivity contribution in [2.45, 2.75) is 0 Å². The van der Waals surface area contributed by atoms with Crippen molar-refractivity contribution in [2.75, 3.05) is 5.01 Å². The van der Waals surface area contributed by atoms with Gasteiger partial charge in [0.2, 0.25) is 0 Å². The molecule has 0 bridgehead atoms. The monoisotopic (exact) mass is 278 g/mol. The van der Waals surface area contributed by atoms with E-state index >= 15 is 0 Å². The number of rotatable bonds is 2. The van der Waals surface area contributed by atoms with Gasteiger partial charge >= 0.3 is 0 Å². The Morgan fingerprint density at radius 2 is 1.57 bits per heavy atom. The van der Waals surface area contributed by atoms with Crippen LogP contribution in [-0.4, -0.2) is 11.0 Å². The quantitative estimate of drug-likeness (QED) is 0.430. The molecule has 0 heterocycles. The molecule has 0 atom stereocenters. The van der Waals surface area contributed by atoms with Gasteiger partial charge in [0.1, 0.15) is 11.4 Å². The summed E-state index contributed by atoms with van der Waals surface area (Å²) in [5.74, 6) is 5.51. The molecule has 0 unspecified atom stereocenters. The van der Waals surface area contributed by atoms with Gasteiger partial charge in [-0.1, -0.05) is 48.5 Å². The Morgan fingerprint density at radius 3 is 2.33 bits per heavy atom. The average molecular weight is 278 g/mol. The fourth-order valence-electron chi connectivity index (χ4n) is 2.27. The molecule has 4 nitrogen and oxygen atoms in total. The number of amides is 1. The first-order valence-electron chi connectivity index (χ1n) is 6.53. The summed E-state index contributed by atoms with van der Waals surface area (Å²) in [6, 6.07) is 19.6. The van der Waals surface area contributed by atoms with Crippen molar-refractivity contribution in [3.8, 4) is 5.75 Å². The van der Waals surface area contributed by atoms with Crippen molar-refractivity contribution in [3.63, 3.8) is 0 Å². The molecular formula is C17H14N2O2. The van der Waals surface area contributed by atoms with E-state index in [1.54, 1.807) is 36.4 Å². The van der Waals surface area contributed by atoms with Crippen LogP contribution in [0.2, 0.25) is 0 Å². The van der Waals surface area contributed by atoms with E-state index in [2.05, 4.69) is 0 Å². The topological polar surface area (TPSA) is 66.6 Å². The van der Waals surface area contributed by atoms with E-state index in [1.807, 2.05) is 30.3 Å². The number of hydrazine groups is 1. The van der Waals surface area contributed by atoms with Crippen LogP contribution in [0.15, 0.2) is 66.7 Å². The second kappa shape index (κ2) is 5.26. The van der Waals surface area contributed by atoms with Crippen LogP contribution in [0.3, 0.4) is 0 Å². The highest BCUT2D eigenvalue weighted by Gasteiger charge is 2.18. The molecule has 4 heteroatoms. The number of phenols is 1. The summed E-state index contributed by atoms with van der Waals surface area (Å²) < 4.78 is 0. The number of hydrogen-bond acceptors (Lipinski definition) is 3. The summed E-state index contributed by atoms with van der Waals surface area (Å²) in [5.41, 5.74) is 0.745. The smallest absolute Gasteiger partial charge is 0.272 e. The van der Waals surface area contributed by atoms with Crippen LogP contribution < -0.4 is 10.9 Å². The maximum atomic E-state index is 12.3. The van der Waals surface area contributed by atoms with Gasteiger partial charge in [-0.25, -0.2) is 10.9 Å². The van der Waals surface area contributed by atoms with Crippen LogP contribution in [0.1, 0.15) is 10.4 Å². The first kappa shape index (κ1) is 13.1. The van der Waals surface area contributed by atoms with Crippen LogP contribution in [0.5, 0.6) is 5.75 Å². The molecule has 0 fully saturated rings. The number of benzene rings is 3. The molecule has 0 aliphatic rings. The molecule has 104 valence electrons. The molecule has 3 N–H and O–H groups in total. The highest BCUT2D eigenvalue weighted by Crippen LogP contribution is 2.34. The SMILES string of the molecule is NN(C(=O)c1ccccc1)c1ccc2ccccc2c1O. The van der Waals surface area contributed by atoms with E-state index in [1.165, 1.54) is 0 Å². The minimum absolute atomic E-state index is 0.000110. The molecule has 0 radical (unpaired) electrons. The van der Waals surface area contributed by atoms with Gasteiger partial charge in [0, 0.05) is 10.9 Å². The first-order chi connectivity index (χ1) is 10.2. The largest absolute Gasteiger partial charge is 0.505 e. The van der Waals surface area contributed by atoms with Crippen LogP contribution >= 0.6 is 0 Å². The molecule has 0 aromatic heterocycles. The number of carbonyl (C=O) groups excluding carboxylic acids is 1. The van der Waals surface area contributed by atoms with Crippen molar-refractivity contribution in [3.05, 3.63) is 72.3 Å². The standard InChI is InChI=1S/C17H14N2O2/c18-19(17(21)13-7-2-1-3-8-13)15-11-10-12-6-4-5-9-14(12)16(15)20/h1-11,20H,18H2. The highest BCUT2D eigenvalue weighted by molar-refractivity contribution is 6.08. The summed E-state index contributed by atoms with van der Waals surface area (Å²) in [5, 5.41) is 12.9. The van der Waals surface area contributed by atoms with E-state index in [9.17, 15) is 9.90 Å². The Hall–Kier alpha value is -2.85. The fraction of sp³-hybridized carbons (Fsp3) is 0.